The Morgan fingerprint density at radius 3 is 1.16 bits per heavy atom. The number of hydrogen-bond donors (Lipinski definition) is 2. The smallest absolute Gasteiger partial charge is 0.269 e. The Kier molecular flexibility index (Phi) is 5.01. The summed E-state index contributed by atoms with van der Waals surface area (Å²) in [5, 5.41) is 0. The molecular weight excluding hydrogens is 377 g/mol. The summed E-state index contributed by atoms with van der Waals surface area (Å²) in [5.41, 5.74) is -12.1. The van der Waals surface area contributed by atoms with Crippen LogP contribution in [0.25, 0.3) is 0 Å². The van der Waals surface area contributed by atoms with Gasteiger partial charge in [-0.3, -0.25) is 4.57 Å². The van der Waals surface area contributed by atoms with Gasteiger partial charge in [-0.1, -0.05) is 0 Å². The van der Waals surface area contributed by atoms with Crippen molar-refractivity contribution in [3.05, 3.63) is 0 Å². The van der Waals surface area contributed by atoms with Crippen LogP contribution in [0.3, 0.4) is 0 Å². The minimum Gasteiger partial charge on any atom is -0.269 e. The van der Waals surface area contributed by atoms with E-state index in [2.05, 4.69) is 11.2 Å². The van der Waals surface area contributed by atoms with E-state index in [0.29, 0.717) is 0 Å². The van der Waals surface area contributed by atoms with Crippen molar-refractivity contribution in [2.75, 3.05) is 0 Å². The third-order valence-corrected chi connectivity index (χ3v) is 7.35. The Morgan fingerprint density at radius 1 is 0.789 bits per heavy atom. The highest BCUT2D eigenvalue weighted by Gasteiger charge is 2.53. The molecule has 0 aliphatic rings. The van der Waals surface area contributed by atoms with Crippen LogP contribution in [-0.2, 0) is 24.6 Å². The van der Waals surface area contributed by atoms with Gasteiger partial charge in [0.25, 0.3) is 0 Å². The van der Waals surface area contributed by atoms with E-state index >= 15 is 0 Å². The summed E-state index contributed by atoms with van der Waals surface area (Å²) >= 11 is 4.49. The fraction of sp³-hybridized carbons (Fsp3) is 1.00. The number of alkyl halides is 6. The third-order valence-electron chi connectivity index (χ3n) is 1.08. The van der Waals surface area contributed by atoms with Crippen LogP contribution < -0.4 is 8.99 Å². The molecule has 0 radical (unpaired) electrons. The van der Waals surface area contributed by atoms with E-state index in [4.69, 9.17) is 0 Å². The van der Waals surface area contributed by atoms with Crippen LogP contribution in [0.1, 0.15) is 0 Å². The molecule has 0 unspecified atom stereocenters. The largest absolute Gasteiger partial charge is 0.511 e. The van der Waals surface area contributed by atoms with Crippen molar-refractivity contribution in [1.29, 1.82) is 0 Å². The zero-order valence-electron chi connectivity index (χ0n) is 7.95. The molecule has 17 heteroatoms. The van der Waals surface area contributed by atoms with Crippen LogP contribution in [0.15, 0.2) is 0 Å². The lowest BCUT2D eigenvalue weighted by Crippen LogP contribution is -2.40. The highest BCUT2D eigenvalue weighted by Crippen LogP contribution is 2.47. The highest BCUT2D eigenvalue weighted by molar-refractivity contribution is 8.08. The maximum atomic E-state index is 11.8. The molecule has 0 bridgehead atoms. The van der Waals surface area contributed by atoms with E-state index in [1.54, 1.807) is 0 Å². The summed E-state index contributed by atoms with van der Waals surface area (Å²) in [7, 11) is -12.8. The SMILES string of the molecule is O=P(Cl)(NS(=O)(=O)C(F)(F)F)NS(=O)(=O)C(F)(F)F. The van der Waals surface area contributed by atoms with Crippen molar-refractivity contribution in [3.63, 3.8) is 0 Å². The first-order chi connectivity index (χ1) is 7.91. The Morgan fingerprint density at radius 2 is 1.00 bits per heavy atom. The van der Waals surface area contributed by atoms with Gasteiger partial charge in [0, 0.05) is 0 Å². The van der Waals surface area contributed by atoms with Crippen LogP contribution in [0, 0.1) is 0 Å². The highest BCUT2D eigenvalue weighted by atomic mass is 35.7. The standard InChI is InChI=1S/C2H2ClF6N2O5PS2/c3-17(12,10-18(13,14)1(4,5)6)11-19(15,16)2(7,8)9/h(H2,10,11,12). The average Bonchev–Trinajstić information content (AvgIpc) is 1.93. The summed E-state index contributed by atoms with van der Waals surface area (Å²) in [6, 6.07) is 0. The topological polar surface area (TPSA) is 109 Å². The van der Waals surface area contributed by atoms with Gasteiger partial charge in [-0.25, -0.2) is 16.8 Å². The fourth-order valence-corrected chi connectivity index (χ4v) is 5.85. The molecule has 0 aromatic rings. The van der Waals surface area contributed by atoms with Gasteiger partial charge in [0.1, 0.15) is 0 Å². The number of halogens is 7. The van der Waals surface area contributed by atoms with Crippen molar-refractivity contribution in [3.8, 4) is 0 Å². The first-order valence-corrected chi connectivity index (χ1v) is 8.99. The molecule has 0 amide bonds. The van der Waals surface area contributed by atoms with E-state index in [1.165, 1.54) is 0 Å². The molecule has 0 fully saturated rings. The minimum atomic E-state index is -6.41. The van der Waals surface area contributed by atoms with Crippen LogP contribution >= 0.6 is 18.0 Å². The van der Waals surface area contributed by atoms with E-state index in [0.717, 1.165) is 0 Å². The molecule has 0 saturated carbocycles. The van der Waals surface area contributed by atoms with Gasteiger partial charge in [0.05, 0.1) is 0 Å². The summed E-state index contributed by atoms with van der Waals surface area (Å²) in [5.74, 6) is 0. The predicted octanol–water partition coefficient (Wildman–Crippen LogP) is 1.21. The number of nitrogens with one attached hydrogen (secondary N) is 2. The maximum absolute atomic E-state index is 11.8. The fourth-order valence-electron chi connectivity index (χ4n) is 0.431. The van der Waals surface area contributed by atoms with Crippen molar-refractivity contribution >= 4 is 38.1 Å². The second-order valence-electron chi connectivity index (χ2n) is 2.61. The van der Waals surface area contributed by atoms with Crippen molar-refractivity contribution in [2.24, 2.45) is 0 Å². The first-order valence-electron chi connectivity index (χ1n) is 3.42. The summed E-state index contributed by atoms with van der Waals surface area (Å²) in [4.78, 5) is 0. The monoisotopic (exact) mass is 378 g/mol. The molecule has 0 aromatic carbocycles. The molecule has 0 atom stereocenters. The lowest BCUT2D eigenvalue weighted by Gasteiger charge is -2.16. The van der Waals surface area contributed by atoms with E-state index in [1.807, 2.05) is 0 Å². The van der Waals surface area contributed by atoms with E-state index in [9.17, 15) is 47.7 Å². The second-order valence-corrected chi connectivity index (χ2v) is 9.51. The van der Waals surface area contributed by atoms with Crippen LogP contribution in [-0.4, -0.2) is 27.9 Å². The molecule has 19 heavy (non-hydrogen) atoms. The van der Waals surface area contributed by atoms with Gasteiger partial charge in [0.15, 0.2) is 0 Å². The van der Waals surface area contributed by atoms with Crippen LogP contribution in [0.4, 0.5) is 26.3 Å². The Balaban J connectivity index is 5.34. The van der Waals surface area contributed by atoms with Gasteiger partial charge in [-0.05, 0) is 11.2 Å². The predicted molar refractivity (Wildman–Crippen MR) is 49.7 cm³/mol. The molecule has 0 spiro atoms. The van der Waals surface area contributed by atoms with Crippen molar-refractivity contribution in [2.45, 2.75) is 11.0 Å². The molecule has 0 rings (SSSR count). The van der Waals surface area contributed by atoms with Gasteiger partial charge in [-0.15, -0.1) is 8.99 Å². The van der Waals surface area contributed by atoms with Gasteiger partial charge >= 0.3 is 37.9 Å². The first kappa shape index (κ1) is 18.9. The van der Waals surface area contributed by atoms with Crippen LogP contribution in [0.2, 0.25) is 0 Å². The summed E-state index contributed by atoms with van der Waals surface area (Å²) in [6.45, 7) is -5.77. The quantitative estimate of drug-likeness (QED) is 0.564. The molecule has 0 aromatic heterocycles. The lowest BCUT2D eigenvalue weighted by atomic mass is 11.6. The number of rotatable bonds is 4. The Labute approximate surface area is 106 Å². The molecule has 0 heterocycles. The van der Waals surface area contributed by atoms with Gasteiger partial charge in [0.2, 0.25) is 0 Å². The number of sulfonamides is 2. The van der Waals surface area contributed by atoms with Crippen molar-refractivity contribution < 1.29 is 47.7 Å². The summed E-state index contributed by atoms with van der Waals surface area (Å²) < 4.78 is 123. The molecule has 116 valence electrons. The zero-order chi connectivity index (χ0) is 15.9. The molecule has 0 aliphatic carbocycles. The third kappa shape index (κ3) is 5.07. The van der Waals surface area contributed by atoms with E-state index in [-0.39, 0.29) is 8.99 Å². The molecule has 0 saturated heterocycles. The Hall–Kier alpha value is -0.0800. The number of hydrogen-bond acceptors (Lipinski definition) is 5. The van der Waals surface area contributed by atoms with Crippen molar-refractivity contribution in [1.82, 2.24) is 8.99 Å². The summed E-state index contributed by atoms with van der Waals surface area (Å²) in [6.07, 6.45) is 0. The molecular formula is C2H2ClF6N2O5PS2. The lowest BCUT2D eigenvalue weighted by molar-refractivity contribution is -0.0443. The van der Waals surface area contributed by atoms with E-state index < -0.39 is 37.9 Å². The maximum Gasteiger partial charge on any atom is 0.511 e. The van der Waals surface area contributed by atoms with Gasteiger partial charge < -0.3 is 0 Å². The Bertz CT molecular complexity index is 542. The molecule has 7 nitrogen and oxygen atoms in total. The minimum absolute atomic E-state index is 0.0787. The normalized spacial score (nSPS) is 15.5. The molecule has 0 aliphatic heterocycles. The molecule has 2 N–H and O–H groups in total. The second kappa shape index (κ2) is 5.04. The van der Waals surface area contributed by atoms with Gasteiger partial charge in [-0.2, -0.15) is 26.3 Å². The zero-order valence-corrected chi connectivity index (χ0v) is 11.2. The average molecular weight is 379 g/mol. The van der Waals surface area contributed by atoms with Crippen LogP contribution in [0.5, 0.6) is 0 Å².